The SMILES string of the molecule is CC(C)N1CCC(NC(=O)c2ccc3c(c2)OCCCO3)CC1. The molecule has 0 aromatic heterocycles. The van der Waals surface area contributed by atoms with E-state index in [1.807, 2.05) is 12.1 Å². The molecule has 1 aromatic rings. The highest BCUT2D eigenvalue weighted by Gasteiger charge is 2.23. The molecule has 1 fully saturated rings. The maximum absolute atomic E-state index is 12.5. The third kappa shape index (κ3) is 3.96. The molecular weight excluding hydrogens is 292 g/mol. The van der Waals surface area contributed by atoms with E-state index in [0.29, 0.717) is 30.6 Å². The van der Waals surface area contributed by atoms with Gasteiger partial charge in [-0.25, -0.2) is 0 Å². The molecular formula is C18H26N2O3. The molecule has 0 unspecified atom stereocenters. The minimum absolute atomic E-state index is 0.0244. The highest BCUT2D eigenvalue weighted by molar-refractivity contribution is 5.95. The highest BCUT2D eigenvalue weighted by Crippen LogP contribution is 2.30. The number of carbonyl (C=O) groups is 1. The number of hydrogen-bond donors (Lipinski definition) is 1. The number of likely N-dealkylation sites (tertiary alicyclic amines) is 1. The van der Waals surface area contributed by atoms with Gasteiger partial charge in [0.1, 0.15) is 0 Å². The van der Waals surface area contributed by atoms with Crippen molar-refractivity contribution >= 4 is 5.91 Å². The van der Waals surface area contributed by atoms with Crippen molar-refractivity contribution in [2.75, 3.05) is 26.3 Å². The average Bonchev–Trinajstić information content (AvgIpc) is 2.79. The second-order valence-corrected chi connectivity index (χ2v) is 6.59. The maximum atomic E-state index is 12.5. The molecule has 1 amide bonds. The van der Waals surface area contributed by atoms with Gasteiger partial charge in [-0.2, -0.15) is 0 Å². The number of hydrogen-bond acceptors (Lipinski definition) is 4. The molecule has 0 radical (unpaired) electrons. The summed E-state index contributed by atoms with van der Waals surface area (Å²) in [5, 5.41) is 3.16. The number of amides is 1. The van der Waals surface area contributed by atoms with Gasteiger partial charge in [0.15, 0.2) is 11.5 Å². The molecule has 0 bridgehead atoms. The summed E-state index contributed by atoms with van der Waals surface area (Å²) in [5.74, 6) is 1.37. The van der Waals surface area contributed by atoms with Crippen LogP contribution < -0.4 is 14.8 Å². The van der Waals surface area contributed by atoms with Crippen LogP contribution in [0, 0.1) is 0 Å². The molecule has 1 N–H and O–H groups in total. The van der Waals surface area contributed by atoms with E-state index in [2.05, 4.69) is 24.1 Å². The molecule has 1 saturated heterocycles. The van der Waals surface area contributed by atoms with Crippen LogP contribution in [0.25, 0.3) is 0 Å². The summed E-state index contributed by atoms with van der Waals surface area (Å²) in [5.41, 5.74) is 0.639. The Morgan fingerprint density at radius 1 is 1.17 bits per heavy atom. The zero-order chi connectivity index (χ0) is 16.2. The molecule has 0 spiro atoms. The van der Waals surface area contributed by atoms with E-state index in [1.165, 1.54) is 0 Å². The predicted octanol–water partition coefficient (Wildman–Crippen LogP) is 2.45. The number of benzene rings is 1. The van der Waals surface area contributed by atoms with Crippen molar-refractivity contribution in [1.82, 2.24) is 10.2 Å². The Morgan fingerprint density at radius 3 is 2.57 bits per heavy atom. The smallest absolute Gasteiger partial charge is 0.251 e. The van der Waals surface area contributed by atoms with E-state index in [-0.39, 0.29) is 11.9 Å². The van der Waals surface area contributed by atoms with Crippen molar-refractivity contribution < 1.29 is 14.3 Å². The predicted molar refractivity (Wildman–Crippen MR) is 89.2 cm³/mol. The number of nitrogens with zero attached hydrogens (tertiary/aromatic N) is 1. The topological polar surface area (TPSA) is 50.8 Å². The summed E-state index contributed by atoms with van der Waals surface area (Å²) in [6.45, 7) is 7.82. The molecule has 2 aliphatic heterocycles. The largest absolute Gasteiger partial charge is 0.490 e. The van der Waals surface area contributed by atoms with Crippen molar-refractivity contribution in [3.8, 4) is 11.5 Å². The van der Waals surface area contributed by atoms with Crippen molar-refractivity contribution in [3.05, 3.63) is 23.8 Å². The van der Waals surface area contributed by atoms with Crippen LogP contribution in [0.3, 0.4) is 0 Å². The van der Waals surface area contributed by atoms with Gasteiger partial charge in [0.05, 0.1) is 13.2 Å². The molecule has 0 atom stereocenters. The van der Waals surface area contributed by atoms with Crippen LogP contribution in [-0.4, -0.2) is 49.2 Å². The van der Waals surface area contributed by atoms with E-state index < -0.39 is 0 Å². The first-order valence-electron chi connectivity index (χ1n) is 8.58. The molecule has 126 valence electrons. The van der Waals surface area contributed by atoms with E-state index in [9.17, 15) is 4.79 Å². The van der Waals surface area contributed by atoms with E-state index in [1.54, 1.807) is 6.07 Å². The van der Waals surface area contributed by atoms with Gasteiger partial charge in [-0.3, -0.25) is 4.79 Å². The summed E-state index contributed by atoms with van der Waals surface area (Å²) < 4.78 is 11.3. The molecule has 1 aromatic carbocycles. The molecule has 2 heterocycles. The Kier molecular flexibility index (Phi) is 5.06. The molecule has 3 rings (SSSR count). The van der Waals surface area contributed by atoms with E-state index >= 15 is 0 Å². The fraction of sp³-hybridized carbons (Fsp3) is 0.611. The first-order chi connectivity index (χ1) is 11.1. The Bertz CT molecular complexity index is 551. The standard InChI is InChI=1S/C18H26N2O3/c1-13(2)20-8-6-15(7-9-20)19-18(21)14-4-5-16-17(12-14)23-11-3-10-22-16/h4-5,12-13,15H,3,6-11H2,1-2H3,(H,19,21). The quantitative estimate of drug-likeness (QED) is 0.930. The second-order valence-electron chi connectivity index (χ2n) is 6.59. The minimum atomic E-state index is -0.0244. The summed E-state index contributed by atoms with van der Waals surface area (Å²) in [6.07, 6.45) is 2.88. The Balaban J connectivity index is 1.59. The lowest BCUT2D eigenvalue weighted by Gasteiger charge is -2.34. The molecule has 2 aliphatic rings. The average molecular weight is 318 g/mol. The first kappa shape index (κ1) is 16.1. The van der Waals surface area contributed by atoms with Crippen molar-refractivity contribution in [2.45, 2.75) is 45.2 Å². The van der Waals surface area contributed by atoms with Crippen LogP contribution in [0.15, 0.2) is 18.2 Å². The maximum Gasteiger partial charge on any atom is 0.251 e. The van der Waals surface area contributed by atoms with Crippen LogP contribution in [0.2, 0.25) is 0 Å². The molecule has 23 heavy (non-hydrogen) atoms. The molecule has 5 nitrogen and oxygen atoms in total. The zero-order valence-electron chi connectivity index (χ0n) is 14.0. The van der Waals surface area contributed by atoms with Crippen LogP contribution in [0.5, 0.6) is 11.5 Å². The normalized spacial score (nSPS) is 19.4. The summed E-state index contributed by atoms with van der Waals surface area (Å²) in [6, 6.07) is 6.27. The van der Waals surface area contributed by atoms with Gasteiger partial charge in [0.2, 0.25) is 0 Å². The Labute approximate surface area is 137 Å². The monoisotopic (exact) mass is 318 g/mol. The summed E-state index contributed by atoms with van der Waals surface area (Å²) in [4.78, 5) is 14.9. The van der Waals surface area contributed by atoms with Crippen molar-refractivity contribution in [3.63, 3.8) is 0 Å². The van der Waals surface area contributed by atoms with Crippen LogP contribution in [0.4, 0.5) is 0 Å². The number of nitrogens with one attached hydrogen (secondary N) is 1. The lowest BCUT2D eigenvalue weighted by Crippen LogP contribution is -2.46. The van der Waals surface area contributed by atoms with Crippen LogP contribution >= 0.6 is 0 Å². The molecule has 0 aliphatic carbocycles. The second kappa shape index (κ2) is 7.21. The number of piperidine rings is 1. The number of fused-ring (bicyclic) bond motifs is 1. The van der Waals surface area contributed by atoms with Gasteiger partial charge in [0.25, 0.3) is 5.91 Å². The Hall–Kier alpha value is -1.75. The molecule has 0 saturated carbocycles. The third-order valence-electron chi connectivity index (χ3n) is 4.60. The van der Waals surface area contributed by atoms with Gasteiger partial charge in [-0.05, 0) is 44.9 Å². The summed E-state index contributed by atoms with van der Waals surface area (Å²) >= 11 is 0. The number of carbonyl (C=O) groups excluding carboxylic acids is 1. The van der Waals surface area contributed by atoms with Crippen molar-refractivity contribution in [2.24, 2.45) is 0 Å². The van der Waals surface area contributed by atoms with Gasteiger partial charge >= 0.3 is 0 Å². The first-order valence-corrected chi connectivity index (χ1v) is 8.58. The zero-order valence-corrected chi connectivity index (χ0v) is 14.0. The Morgan fingerprint density at radius 2 is 1.87 bits per heavy atom. The van der Waals surface area contributed by atoms with Gasteiger partial charge in [0, 0.05) is 37.2 Å². The van der Waals surface area contributed by atoms with Gasteiger partial charge in [-0.1, -0.05) is 0 Å². The highest BCUT2D eigenvalue weighted by atomic mass is 16.5. The minimum Gasteiger partial charge on any atom is -0.490 e. The van der Waals surface area contributed by atoms with Crippen molar-refractivity contribution in [1.29, 1.82) is 0 Å². The third-order valence-corrected chi connectivity index (χ3v) is 4.60. The lowest BCUT2D eigenvalue weighted by molar-refractivity contribution is 0.0900. The fourth-order valence-corrected chi connectivity index (χ4v) is 3.13. The number of rotatable bonds is 3. The van der Waals surface area contributed by atoms with Crippen LogP contribution in [0.1, 0.15) is 43.5 Å². The number of ether oxygens (including phenoxy) is 2. The van der Waals surface area contributed by atoms with Gasteiger partial charge in [-0.15, -0.1) is 0 Å². The molecule has 5 heteroatoms. The fourth-order valence-electron chi connectivity index (χ4n) is 3.13. The van der Waals surface area contributed by atoms with E-state index in [0.717, 1.165) is 38.1 Å². The van der Waals surface area contributed by atoms with E-state index in [4.69, 9.17) is 9.47 Å². The van der Waals surface area contributed by atoms with Crippen LogP contribution in [-0.2, 0) is 0 Å². The van der Waals surface area contributed by atoms with Gasteiger partial charge < -0.3 is 19.7 Å². The summed E-state index contributed by atoms with van der Waals surface area (Å²) in [7, 11) is 0. The lowest BCUT2D eigenvalue weighted by atomic mass is 10.0.